The third-order valence-electron chi connectivity index (χ3n) is 9.68. The lowest BCUT2D eigenvalue weighted by molar-refractivity contribution is -0.381. The minimum absolute atomic E-state index is 0.699. The second kappa shape index (κ2) is 26.8. The second-order valence-corrected chi connectivity index (χ2v) is 15.6. The number of hydrogen-bond acceptors (Lipinski definition) is 28. The SMILES string of the molecule is CO[C@H]1O[C@H]([C@H](COC(C)=O)OC(C)=O)[C@@H](OC(C)=O)[C@H](O[C@H]2O[C@H](COC(C)=O)[C@@H](O[C@@H]3O[C@H](COC(C)=O)[C@H](OC(C)=O)[C@H](OC(C)=O)[C@H]3OC(C)=O)[C@H](OC(C)=O)[C@H]2OC(C)=O)[C@@H]1OC(C)=O. The Balaban J connectivity index is 2.35. The molecule has 3 aliphatic heterocycles. The lowest BCUT2D eigenvalue weighted by atomic mass is 9.93. The van der Waals surface area contributed by atoms with E-state index in [2.05, 4.69) is 0 Å². The van der Waals surface area contributed by atoms with Crippen LogP contribution in [0, 0.1) is 0 Å². The third kappa shape index (κ3) is 17.4. The van der Waals surface area contributed by atoms with E-state index in [0.717, 1.165) is 83.3 Å². The van der Waals surface area contributed by atoms with Gasteiger partial charge in [0.1, 0.15) is 50.3 Å². The monoisotopic (exact) mass is 1010 g/mol. The molecule has 0 saturated carbocycles. The average Bonchev–Trinajstić information content (AvgIpc) is 3.21. The predicted octanol–water partition coefficient (Wildman–Crippen LogP) is -1.28. The Hall–Kier alpha value is -6.07. The number of rotatable bonds is 20. The van der Waals surface area contributed by atoms with Gasteiger partial charge in [0.05, 0.1) is 0 Å². The molecule has 28 nitrogen and oxygen atoms in total. The molecule has 3 aliphatic rings. The molecule has 0 amide bonds. The van der Waals surface area contributed by atoms with Gasteiger partial charge in [0.2, 0.25) is 0 Å². The van der Waals surface area contributed by atoms with Crippen LogP contribution >= 0.6 is 0 Å². The summed E-state index contributed by atoms with van der Waals surface area (Å²) < 4.78 is 96.9. The van der Waals surface area contributed by atoms with Gasteiger partial charge >= 0.3 is 65.7 Å². The highest BCUT2D eigenvalue weighted by molar-refractivity contribution is 5.70. The Labute approximate surface area is 399 Å². The van der Waals surface area contributed by atoms with Crippen LogP contribution in [0.25, 0.3) is 0 Å². The molecule has 0 spiro atoms. The van der Waals surface area contributed by atoms with E-state index in [1.165, 1.54) is 0 Å². The molecule has 16 atom stereocenters. The Morgan fingerprint density at radius 1 is 0.357 bits per heavy atom. The lowest BCUT2D eigenvalue weighted by Crippen LogP contribution is -2.69. The Bertz CT molecular complexity index is 1920. The van der Waals surface area contributed by atoms with Crippen LogP contribution in [0.3, 0.4) is 0 Å². The Morgan fingerprint density at radius 2 is 0.700 bits per heavy atom. The molecule has 70 heavy (non-hydrogen) atoms. The molecular formula is C42H58O28. The Kier molecular flexibility index (Phi) is 22.3. The van der Waals surface area contributed by atoms with E-state index in [-0.39, 0.29) is 0 Å². The molecule has 28 heteroatoms. The zero-order valence-electron chi connectivity index (χ0n) is 40.3. The first-order valence-electron chi connectivity index (χ1n) is 21.3. The largest absolute Gasteiger partial charge is 0.463 e. The van der Waals surface area contributed by atoms with Crippen LogP contribution in [0.2, 0.25) is 0 Å². The first-order valence-corrected chi connectivity index (χ1v) is 21.3. The average molecular weight is 1010 g/mol. The summed E-state index contributed by atoms with van der Waals surface area (Å²) >= 11 is 0. The minimum atomic E-state index is -2.10. The van der Waals surface area contributed by atoms with Gasteiger partial charge in [0, 0.05) is 83.3 Å². The third-order valence-corrected chi connectivity index (χ3v) is 9.68. The van der Waals surface area contributed by atoms with Crippen molar-refractivity contribution in [3.05, 3.63) is 0 Å². The summed E-state index contributed by atoms with van der Waals surface area (Å²) in [5.74, 6) is -10.7. The highest BCUT2D eigenvalue weighted by atomic mass is 16.8. The smallest absolute Gasteiger partial charge is 0.303 e. The molecule has 0 radical (unpaired) electrons. The Morgan fingerprint density at radius 3 is 1.09 bits per heavy atom. The van der Waals surface area contributed by atoms with Crippen molar-refractivity contribution in [1.82, 2.24) is 0 Å². The topological polar surface area (TPSA) is 345 Å². The molecule has 0 aromatic rings. The number of ether oxygens (including phenoxy) is 17. The fraction of sp³-hybridized carbons (Fsp3) is 0.738. The summed E-state index contributed by atoms with van der Waals surface area (Å²) in [6.45, 7) is 8.59. The van der Waals surface area contributed by atoms with Gasteiger partial charge in [-0.3, -0.25) is 52.7 Å². The molecule has 0 aromatic heterocycles. The molecule has 0 aliphatic carbocycles. The molecule has 394 valence electrons. The van der Waals surface area contributed by atoms with E-state index in [1.54, 1.807) is 0 Å². The van der Waals surface area contributed by atoms with Crippen LogP contribution < -0.4 is 0 Å². The van der Waals surface area contributed by atoms with Gasteiger partial charge in [0.15, 0.2) is 67.7 Å². The minimum Gasteiger partial charge on any atom is -0.463 e. The van der Waals surface area contributed by atoms with Crippen LogP contribution in [-0.2, 0) is 133 Å². The van der Waals surface area contributed by atoms with Gasteiger partial charge in [-0.2, -0.15) is 0 Å². The van der Waals surface area contributed by atoms with Crippen LogP contribution in [0.5, 0.6) is 0 Å². The summed E-state index contributed by atoms with van der Waals surface area (Å²) in [6.07, 6.45) is -29.1. The van der Waals surface area contributed by atoms with E-state index in [1.807, 2.05) is 0 Å². The summed E-state index contributed by atoms with van der Waals surface area (Å²) in [7, 11) is 1.11. The highest BCUT2D eigenvalue weighted by Crippen LogP contribution is 2.39. The molecule has 0 aromatic carbocycles. The summed E-state index contributed by atoms with van der Waals surface area (Å²) in [4.78, 5) is 138. The van der Waals surface area contributed by atoms with Gasteiger partial charge in [-0.25, -0.2) is 0 Å². The summed E-state index contributed by atoms with van der Waals surface area (Å²) in [5, 5.41) is 0. The standard InChI is InChI=1S/C42H58O28/c1-16(43)55-13-27(58-19(4)46)31-33(60-21(6)48)36(37(63-24(9)51)40(54-12)68-31)70-42-39(65-26(11)53)35(62-23(8)50)32(29(67-42)15-57-18(3)45)69-41-38(64-25(10)52)34(61-22(7)49)30(59-20(5)47)28(66-41)14-56-17(2)44/h27-42H,13-15H2,1-12H3/t27-,28+,29+,30-,31+,32+,33+,34-,35-,36-,37-,38+,39+,40-,41-,42+/m0/s1. The van der Waals surface area contributed by atoms with E-state index < -0.39 is 184 Å². The normalized spacial score (nSPS) is 30.9. The molecule has 3 saturated heterocycles. The molecule has 3 fully saturated rings. The van der Waals surface area contributed by atoms with E-state index in [9.17, 15) is 52.7 Å². The zero-order valence-corrected chi connectivity index (χ0v) is 40.3. The van der Waals surface area contributed by atoms with Crippen LogP contribution in [-0.4, -0.2) is 191 Å². The van der Waals surface area contributed by atoms with Crippen molar-refractivity contribution in [3.8, 4) is 0 Å². The first kappa shape index (κ1) is 58.2. The summed E-state index contributed by atoms with van der Waals surface area (Å²) in [5.41, 5.74) is 0. The first-order chi connectivity index (χ1) is 32.7. The van der Waals surface area contributed by atoms with Gasteiger partial charge < -0.3 is 80.5 Å². The lowest BCUT2D eigenvalue weighted by Gasteiger charge is -2.50. The molecule has 3 heterocycles. The molecule has 0 N–H and O–H groups in total. The maximum Gasteiger partial charge on any atom is 0.303 e. The molecular weight excluding hydrogens is 952 g/mol. The molecule has 3 rings (SSSR count). The van der Waals surface area contributed by atoms with Gasteiger partial charge in [-0.05, 0) is 0 Å². The number of carbonyl (C=O) groups is 11. The van der Waals surface area contributed by atoms with E-state index in [4.69, 9.17) is 80.5 Å². The zero-order chi connectivity index (χ0) is 52.7. The van der Waals surface area contributed by atoms with Gasteiger partial charge in [-0.1, -0.05) is 0 Å². The van der Waals surface area contributed by atoms with E-state index in [0.29, 0.717) is 0 Å². The van der Waals surface area contributed by atoms with Crippen LogP contribution in [0.4, 0.5) is 0 Å². The van der Waals surface area contributed by atoms with Crippen molar-refractivity contribution in [2.24, 2.45) is 0 Å². The quantitative estimate of drug-likeness (QED) is 0.101. The van der Waals surface area contributed by atoms with Crippen molar-refractivity contribution in [2.45, 2.75) is 174 Å². The van der Waals surface area contributed by atoms with E-state index >= 15 is 0 Å². The maximum atomic E-state index is 13.1. The molecule has 0 unspecified atom stereocenters. The van der Waals surface area contributed by atoms with Gasteiger partial charge in [0.25, 0.3) is 0 Å². The second-order valence-electron chi connectivity index (χ2n) is 15.6. The van der Waals surface area contributed by atoms with Gasteiger partial charge in [-0.15, -0.1) is 0 Å². The predicted molar refractivity (Wildman–Crippen MR) is 217 cm³/mol. The fourth-order valence-electron chi connectivity index (χ4n) is 7.47. The molecule has 0 bridgehead atoms. The highest BCUT2D eigenvalue weighted by Gasteiger charge is 2.61. The van der Waals surface area contributed by atoms with Crippen molar-refractivity contribution in [1.29, 1.82) is 0 Å². The van der Waals surface area contributed by atoms with Crippen LogP contribution in [0.1, 0.15) is 76.2 Å². The number of methoxy groups -OCH3 is 1. The van der Waals surface area contributed by atoms with Crippen molar-refractivity contribution in [3.63, 3.8) is 0 Å². The van der Waals surface area contributed by atoms with Crippen molar-refractivity contribution in [2.75, 3.05) is 26.9 Å². The fourth-order valence-corrected chi connectivity index (χ4v) is 7.47. The number of carbonyl (C=O) groups excluding carboxylic acids is 11. The maximum absolute atomic E-state index is 13.1. The number of hydrogen-bond donors (Lipinski definition) is 0. The number of esters is 11. The van der Waals surface area contributed by atoms with Crippen molar-refractivity contribution >= 4 is 65.7 Å². The summed E-state index contributed by atoms with van der Waals surface area (Å²) in [6, 6.07) is 0. The van der Waals surface area contributed by atoms with Crippen LogP contribution in [0.15, 0.2) is 0 Å². The van der Waals surface area contributed by atoms with Crippen molar-refractivity contribution < 1.29 is 133 Å².